The van der Waals surface area contributed by atoms with Crippen LogP contribution in [0.5, 0.6) is 5.75 Å². The minimum Gasteiger partial charge on any atom is -0.493 e. The highest BCUT2D eigenvalue weighted by molar-refractivity contribution is 9.10. The molecule has 1 saturated carbocycles. The summed E-state index contributed by atoms with van der Waals surface area (Å²) < 4.78 is 19.2. The van der Waals surface area contributed by atoms with Crippen molar-refractivity contribution < 1.29 is 9.13 Å². The van der Waals surface area contributed by atoms with E-state index in [1.807, 2.05) is 0 Å². The molecule has 18 heavy (non-hydrogen) atoms. The quantitative estimate of drug-likeness (QED) is 0.804. The maximum atomic E-state index is 13.2. The Balaban J connectivity index is 1.61. The molecule has 1 aliphatic carbocycles. The third kappa shape index (κ3) is 4.25. The van der Waals surface area contributed by atoms with Crippen LogP contribution in [0.2, 0.25) is 0 Å². The SMILES string of the molecule is Fc1cc(OCCCNC2CCCC2)ccc1Br. The number of hydrogen-bond donors (Lipinski definition) is 1. The zero-order chi connectivity index (χ0) is 12.8. The lowest BCUT2D eigenvalue weighted by molar-refractivity contribution is 0.303. The number of rotatable bonds is 6. The van der Waals surface area contributed by atoms with E-state index < -0.39 is 0 Å². The van der Waals surface area contributed by atoms with Gasteiger partial charge in [-0.15, -0.1) is 0 Å². The van der Waals surface area contributed by atoms with Gasteiger partial charge in [0.2, 0.25) is 0 Å². The minimum absolute atomic E-state index is 0.281. The molecule has 2 rings (SSSR count). The molecule has 1 fully saturated rings. The highest BCUT2D eigenvalue weighted by atomic mass is 79.9. The highest BCUT2D eigenvalue weighted by Gasteiger charge is 2.13. The van der Waals surface area contributed by atoms with Crippen molar-refractivity contribution in [2.45, 2.75) is 38.1 Å². The standard InChI is InChI=1S/C14H19BrFNO/c15-13-7-6-12(10-14(13)16)18-9-3-8-17-11-4-1-2-5-11/h6-7,10-11,17H,1-5,8-9H2. The topological polar surface area (TPSA) is 21.3 Å². The number of hydrogen-bond acceptors (Lipinski definition) is 2. The maximum absolute atomic E-state index is 13.2. The summed E-state index contributed by atoms with van der Waals surface area (Å²) >= 11 is 3.12. The van der Waals surface area contributed by atoms with Gasteiger partial charge in [-0.1, -0.05) is 12.8 Å². The van der Waals surface area contributed by atoms with Crippen molar-refractivity contribution in [1.29, 1.82) is 0 Å². The molecule has 0 saturated heterocycles. The van der Waals surface area contributed by atoms with Gasteiger partial charge in [0.1, 0.15) is 11.6 Å². The molecule has 2 nitrogen and oxygen atoms in total. The van der Waals surface area contributed by atoms with Gasteiger partial charge in [0, 0.05) is 12.1 Å². The first-order valence-electron chi connectivity index (χ1n) is 6.57. The average Bonchev–Trinajstić information content (AvgIpc) is 2.86. The van der Waals surface area contributed by atoms with Crippen LogP contribution in [0.4, 0.5) is 4.39 Å². The summed E-state index contributed by atoms with van der Waals surface area (Å²) in [5.74, 6) is 0.313. The lowest BCUT2D eigenvalue weighted by atomic mass is 10.2. The van der Waals surface area contributed by atoms with Crippen molar-refractivity contribution in [3.63, 3.8) is 0 Å². The van der Waals surface area contributed by atoms with E-state index >= 15 is 0 Å². The Hall–Kier alpha value is -0.610. The summed E-state index contributed by atoms with van der Waals surface area (Å²) in [6.45, 7) is 1.60. The molecule has 0 unspecified atom stereocenters. The summed E-state index contributed by atoms with van der Waals surface area (Å²) in [6, 6.07) is 5.56. The first-order valence-corrected chi connectivity index (χ1v) is 7.36. The highest BCUT2D eigenvalue weighted by Crippen LogP contribution is 2.21. The number of ether oxygens (including phenoxy) is 1. The van der Waals surface area contributed by atoms with E-state index in [0.29, 0.717) is 22.9 Å². The molecule has 0 spiro atoms. The van der Waals surface area contributed by atoms with Gasteiger partial charge in [0.15, 0.2) is 0 Å². The second-order valence-corrected chi connectivity index (χ2v) is 5.57. The first kappa shape index (κ1) is 13.8. The van der Waals surface area contributed by atoms with Crippen LogP contribution >= 0.6 is 15.9 Å². The molecule has 0 atom stereocenters. The Labute approximate surface area is 116 Å². The van der Waals surface area contributed by atoms with E-state index in [9.17, 15) is 4.39 Å². The molecule has 1 aliphatic rings. The van der Waals surface area contributed by atoms with E-state index in [4.69, 9.17) is 4.74 Å². The molecule has 100 valence electrons. The van der Waals surface area contributed by atoms with Crippen molar-refractivity contribution in [3.05, 3.63) is 28.5 Å². The molecule has 0 aromatic heterocycles. The summed E-state index contributed by atoms with van der Waals surface area (Å²) in [5, 5.41) is 3.53. The summed E-state index contributed by atoms with van der Waals surface area (Å²) in [6.07, 6.45) is 6.27. The van der Waals surface area contributed by atoms with Gasteiger partial charge in [-0.25, -0.2) is 4.39 Å². The van der Waals surface area contributed by atoms with Crippen LogP contribution in [-0.4, -0.2) is 19.2 Å². The van der Waals surface area contributed by atoms with Crippen molar-refractivity contribution in [2.75, 3.05) is 13.2 Å². The molecule has 4 heteroatoms. The number of benzene rings is 1. The lowest BCUT2D eigenvalue weighted by Gasteiger charge is -2.12. The largest absolute Gasteiger partial charge is 0.493 e. The molecular weight excluding hydrogens is 297 g/mol. The first-order chi connectivity index (χ1) is 8.75. The van der Waals surface area contributed by atoms with Crippen molar-refractivity contribution in [3.8, 4) is 5.75 Å². The van der Waals surface area contributed by atoms with Crippen LogP contribution in [0, 0.1) is 5.82 Å². The van der Waals surface area contributed by atoms with Gasteiger partial charge in [0.25, 0.3) is 0 Å². The Morgan fingerprint density at radius 3 is 2.83 bits per heavy atom. The predicted molar refractivity (Wildman–Crippen MR) is 74.5 cm³/mol. The third-order valence-electron chi connectivity index (χ3n) is 3.27. The fourth-order valence-corrected chi connectivity index (χ4v) is 2.51. The average molecular weight is 316 g/mol. The molecule has 0 heterocycles. The zero-order valence-corrected chi connectivity index (χ0v) is 12.0. The van der Waals surface area contributed by atoms with Gasteiger partial charge >= 0.3 is 0 Å². The molecule has 1 N–H and O–H groups in total. The monoisotopic (exact) mass is 315 g/mol. The molecule has 0 bridgehead atoms. The van der Waals surface area contributed by atoms with Crippen LogP contribution in [0.1, 0.15) is 32.1 Å². The summed E-state index contributed by atoms with van der Waals surface area (Å²) in [4.78, 5) is 0. The van der Waals surface area contributed by atoms with Crippen LogP contribution < -0.4 is 10.1 Å². The van der Waals surface area contributed by atoms with Gasteiger partial charge in [0.05, 0.1) is 11.1 Å². The van der Waals surface area contributed by atoms with E-state index in [1.54, 1.807) is 12.1 Å². The van der Waals surface area contributed by atoms with Crippen LogP contribution in [-0.2, 0) is 0 Å². The van der Waals surface area contributed by atoms with E-state index in [-0.39, 0.29) is 5.82 Å². The second kappa shape index (κ2) is 7.10. The van der Waals surface area contributed by atoms with Gasteiger partial charge in [-0.2, -0.15) is 0 Å². The smallest absolute Gasteiger partial charge is 0.141 e. The third-order valence-corrected chi connectivity index (χ3v) is 3.91. The van der Waals surface area contributed by atoms with Crippen LogP contribution in [0.15, 0.2) is 22.7 Å². The van der Waals surface area contributed by atoms with Gasteiger partial charge < -0.3 is 10.1 Å². The van der Waals surface area contributed by atoms with Crippen molar-refractivity contribution in [1.82, 2.24) is 5.32 Å². The van der Waals surface area contributed by atoms with E-state index in [1.165, 1.54) is 31.7 Å². The normalized spacial score (nSPS) is 16.1. The number of nitrogens with one attached hydrogen (secondary N) is 1. The number of halogens is 2. The van der Waals surface area contributed by atoms with Gasteiger partial charge in [-0.3, -0.25) is 0 Å². The maximum Gasteiger partial charge on any atom is 0.141 e. The lowest BCUT2D eigenvalue weighted by Crippen LogP contribution is -2.27. The zero-order valence-electron chi connectivity index (χ0n) is 10.4. The van der Waals surface area contributed by atoms with Gasteiger partial charge in [-0.05, 0) is 53.9 Å². The Morgan fingerprint density at radius 2 is 2.11 bits per heavy atom. The molecule has 0 aliphatic heterocycles. The molecular formula is C14H19BrFNO. The molecule has 1 aromatic carbocycles. The van der Waals surface area contributed by atoms with Crippen molar-refractivity contribution in [2.24, 2.45) is 0 Å². The molecule has 0 amide bonds. The summed E-state index contributed by atoms with van der Waals surface area (Å²) in [7, 11) is 0. The van der Waals surface area contributed by atoms with E-state index in [2.05, 4.69) is 21.2 Å². The molecule has 1 aromatic rings. The fourth-order valence-electron chi connectivity index (χ4n) is 2.26. The fraction of sp³-hybridized carbons (Fsp3) is 0.571. The second-order valence-electron chi connectivity index (χ2n) is 4.71. The minimum atomic E-state index is -0.281. The van der Waals surface area contributed by atoms with Crippen molar-refractivity contribution >= 4 is 15.9 Å². The van der Waals surface area contributed by atoms with Crippen LogP contribution in [0.3, 0.4) is 0 Å². The Bertz CT molecular complexity index is 380. The summed E-state index contributed by atoms with van der Waals surface area (Å²) in [5.41, 5.74) is 0. The Morgan fingerprint density at radius 1 is 1.33 bits per heavy atom. The van der Waals surface area contributed by atoms with E-state index in [0.717, 1.165) is 13.0 Å². The Kier molecular flexibility index (Phi) is 5.45. The van der Waals surface area contributed by atoms with Crippen LogP contribution in [0.25, 0.3) is 0 Å². The molecule has 0 radical (unpaired) electrons. The predicted octanol–water partition coefficient (Wildman–Crippen LogP) is 3.89.